The lowest BCUT2D eigenvalue weighted by atomic mass is 10.0. The number of ether oxygens (including phenoxy) is 1. The van der Waals surface area contributed by atoms with Gasteiger partial charge in [-0.3, -0.25) is 9.59 Å². The molecule has 2 unspecified atom stereocenters. The number of aliphatic hydroxyl groups is 2. The molecule has 0 bridgehead atoms. The number of amides is 1. The first-order valence-corrected chi connectivity index (χ1v) is 37.4. The summed E-state index contributed by atoms with van der Waals surface area (Å²) < 4.78 is 5.49. The summed E-state index contributed by atoms with van der Waals surface area (Å²) in [5.74, 6) is -0.0573. The van der Waals surface area contributed by atoms with Gasteiger partial charge in [0, 0.05) is 12.8 Å². The van der Waals surface area contributed by atoms with E-state index in [1.165, 1.54) is 327 Å². The van der Waals surface area contributed by atoms with Gasteiger partial charge in [0.05, 0.1) is 25.4 Å². The van der Waals surface area contributed by atoms with E-state index in [4.69, 9.17) is 4.74 Å². The second-order valence-electron chi connectivity index (χ2n) is 25.6. The molecule has 0 saturated carbocycles. The van der Waals surface area contributed by atoms with Gasteiger partial charge in [-0.15, -0.1) is 0 Å². The Morgan fingerprint density at radius 3 is 0.952 bits per heavy atom. The van der Waals surface area contributed by atoms with Crippen LogP contribution in [0.2, 0.25) is 0 Å². The zero-order valence-electron chi connectivity index (χ0n) is 55.9. The van der Waals surface area contributed by atoms with E-state index in [2.05, 4.69) is 55.6 Å². The molecule has 0 radical (unpaired) electrons. The van der Waals surface area contributed by atoms with Crippen molar-refractivity contribution in [2.45, 2.75) is 418 Å². The lowest BCUT2D eigenvalue weighted by molar-refractivity contribution is -0.143. The fourth-order valence-electron chi connectivity index (χ4n) is 11.6. The van der Waals surface area contributed by atoms with Gasteiger partial charge in [-0.25, -0.2) is 0 Å². The second-order valence-corrected chi connectivity index (χ2v) is 25.6. The third kappa shape index (κ3) is 68.8. The number of unbranched alkanes of at least 4 members (excludes halogenated alkanes) is 53. The summed E-state index contributed by atoms with van der Waals surface area (Å²) in [4.78, 5) is 24.6. The van der Waals surface area contributed by atoms with Crippen molar-refractivity contribution in [3.63, 3.8) is 0 Å². The van der Waals surface area contributed by atoms with E-state index >= 15 is 0 Å². The van der Waals surface area contributed by atoms with Gasteiger partial charge in [-0.2, -0.15) is 0 Å². The second kappa shape index (κ2) is 72.3. The number of allylic oxidation sites excluding steroid dienone is 7. The first-order chi connectivity index (χ1) is 41.0. The van der Waals surface area contributed by atoms with Crippen LogP contribution in [-0.4, -0.2) is 47.4 Å². The molecule has 6 heteroatoms. The van der Waals surface area contributed by atoms with Gasteiger partial charge in [0.2, 0.25) is 5.91 Å². The Morgan fingerprint density at radius 2 is 0.602 bits per heavy atom. The molecular weight excluding hydrogens is 1020 g/mol. The minimum absolute atomic E-state index is 0.00460. The van der Waals surface area contributed by atoms with Crippen LogP contribution < -0.4 is 5.32 Å². The lowest BCUT2D eigenvalue weighted by Gasteiger charge is -2.20. The van der Waals surface area contributed by atoms with Crippen LogP contribution in [0.3, 0.4) is 0 Å². The molecule has 0 fully saturated rings. The molecule has 6 nitrogen and oxygen atoms in total. The lowest BCUT2D eigenvalue weighted by Crippen LogP contribution is -2.45. The van der Waals surface area contributed by atoms with Crippen molar-refractivity contribution in [1.82, 2.24) is 5.32 Å². The summed E-state index contributed by atoms with van der Waals surface area (Å²) >= 11 is 0. The van der Waals surface area contributed by atoms with E-state index in [9.17, 15) is 19.8 Å². The van der Waals surface area contributed by atoms with Crippen LogP contribution in [-0.2, 0) is 14.3 Å². The summed E-state index contributed by atoms with van der Waals surface area (Å²) in [7, 11) is 0. The van der Waals surface area contributed by atoms with Crippen LogP contribution in [0.1, 0.15) is 406 Å². The number of hydrogen-bond acceptors (Lipinski definition) is 5. The quantitative estimate of drug-likeness (QED) is 0.0320. The van der Waals surface area contributed by atoms with Gasteiger partial charge < -0.3 is 20.3 Å². The van der Waals surface area contributed by atoms with Crippen LogP contribution in [0.5, 0.6) is 0 Å². The molecule has 0 rings (SSSR count). The van der Waals surface area contributed by atoms with Crippen LogP contribution in [0.4, 0.5) is 0 Å². The van der Waals surface area contributed by atoms with Crippen molar-refractivity contribution >= 4 is 11.9 Å². The standard InChI is InChI=1S/C77H145NO5/c1-3-5-7-9-11-13-15-17-19-20-38-42-45-49-53-57-61-65-69-75(80)74(73-79)78-76(81)70-66-62-58-54-50-46-43-39-36-34-32-30-28-26-24-22-21-23-25-27-29-31-33-35-37-40-44-48-52-56-60-64-68-72-83-77(82)71-67-63-59-55-51-47-41-18-16-14-12-10-8-6-4-2/h12,14,18,25,27,41,65,69,74-75,79-80H,3-11,13,15-17,19-24,26,28-40,42-64,66-68,70-73H2,1-2H3,(H,78,81)/b14-12-,27-25-,41-18-,69-65+. The zero-order chi connectivity index (χ0) is 59.9. The minimum Gasteiger partial charge on any atom is -0.466 e. The summed E-state index contributed by atoms with van der Waals surface area (Å²) in [6.45, 7) is 4.90. The summed E-state index contributed by atoms with van der Waals surface area (Å²) in [5.41, 5.74) is 0. The maximum absolute atomic E-state index is 12.5. The molecular formula is C77H145NO5. The first-order valence-electron chi connectivity index (χ1n) is 37.4. The minimum atomic E-state index is -0.843. The Labute approximate surface area is 518 Å². The molecule has 0 aromatic rings. The third-order valence-corrected chi connectivity index (χ3v) is 17.3. The molecule has 0 aliphatic carbocycles. The van der Waals surface area contributed by atoms with Crippen molar-refractivity contribution in [2.75, 3.05) is 13.2 Å². The van der Waals surface area contributed by atoms with E-state index in [-0.39, 0.29) is 18.5 Å². The number of esters is 1. The van der Waals surface area contributed by atoms with E-state index in [0.717, 1.165) is 51.4 Å². The van der Waals surface area contributed by atoms with Crippen molar-refractivity contribution in [3.05, 3.63) is 48.6 Å². The van der Waals surface area contributed by atoms with E-state index in [1.807, 2.05) is 6.08 Å². The van der Waals surface area contributed by atoms with E-state index in [1.54, 1.807) is 6.08 Å². The van der Waals surface area contributed by atoms with E-state index in [0.29, 0.717) is 19.4 Å². The number of carbonyl (C=O) groups excluding carboxylic acids is 2. The van der Waals surface area contributed by atoms with E-state index < -0.39 is 12.1 Å². The summed E-state index contributed by atoms with van der Waals surface area (Å²) in [6.07, 6.45) is 95.0. The highest BCUT2D eigenvalue weighted by Crippen LogP contribution is 2.19. The fourth-order valence-corrected chi connectivity index (χ4v) is 11.6. The predicted molar refractivity (Wildman–Crippen MR) is 366 cm³/mol. The van der Waals surface area contributed by atoms with Crippen molar-refractivity contribution < 1.29 is 24.5 Å². The fraction of sp³-hybridized carbons (Fsp3) is 0.870. The van der Waals surface area contributed by atoms with Crippen molar-refractivity contribution in [1.29, 1.82) is 0 Å². The maximum Gasteiger partial charge on any atom is 0.305 e. The highest BCUT2D eigenvalue weighted by atomic mass is 16.5. The van der Waals surface area contributed by atoms with Crippen LogP contribution >= 0.6 is 0 Å². The SMILES string of the molecule is CCCCC/C=C\C/C=C\CCCCCCCC(=O)OCCCCCCCCCCCCCC/C=C\CCCCCCCCCCCCCCCCCCCC(=O)NC(CO)C(O)/C=C/CCCCCCCCCCCCCCCCCC. The van der Waals surface area contributed by atoms with Gasteiger partial charge in [-0.1, -0.05) is 351 Å². The van der Waals surface area contributed by atoms with Crippen LogP contribution in [0.25, 0.3) is 0 Å². The molecule has 3 N–H and O–H groups in total. The Hall–Kier alpha value is -2.18. The molecule has 0 spiro atoms. The molecule has 488 valence electrons. The Morgan fingerprint density at radius 1 is 0.337 bits per heavy atom. The molecule has 0 aliphatic heterocycles. The number of aliphatic hydroxyl groups excluding tert-OH is 2. The number of rotatable bonds is 70. The van der Waals surface area contributed by atoms with Crippen LogP contribution in [0.15, 0.2) is 48.6 Å². The molecule has 0 heterocycles. The molecule has 0 aliphatic rings. The normalized spacial score (nSPS) is 12.8. The van der Waals surface area contributed by atoms with Gasteiger partial charge in [0.1, 0.15) is 0 Å². The summed E-state index contributed by atoms with van der Waals surface area (Å²) in [5, 5.41) is 23.2. The van der Waals surface area contributed by atoms with Gasteiger partial charge >= 0.3 is 5.97 Å². The van der Waals surface area contributed by atoms with Crippen molar-refractivity contribution in [2.24, 2.45) is 0 Å². The smallest absolute Gasteiger partial charge is 0.305 e. The predicted octanol–water partition coefficient (Wildman–Crippen LogP) is 24.4. The Kier molecular flexibility index (Phi) is 70.4. The van der Waals surface area contributed by atoms with Crippen molar-refractivity contribution in [3.8, 4) is 0 Å². The zero-order valence-corrected chi connectivity index (χ0v) is 55.9. The van der Waals surface area contributed by atoms with Crippen LogP contribution in [0, 0.1) is 0 Å². The van der Waals surface area contributed by atoms with Gasteiger partial charge in [-0.05, 0) is 89.9 Å². The number of carbonyl (C=O) groups is 2. The molecule has 0 aromatic heterocycles. The topological polar surface area (TPSA) is 95.9 Å². The first kappa shape index (κ1) is 80.8. The monoisotopic (exact) mass is 1160 g/mol. The largest absolute Gasteiger partial charge is 0.466 e. The average molecular weight is 1170 g/mol. The number of hydrogen-bond donors (Lipinski definition) is 3. The van der Waals surface area contributed by atoms with Gasteiger partial charge in [0.15, 0.2) is 0 Å². The third-order valence-electron chi connectivity index (χ3n) is 17.3. The van der Waals surface area contributed by atoms with Gasteiger partial charge in [0.25, 0.3) is 0 Å². The Balaban J connectivity index is 3.37. The highest BCUT2D eigenvalue weighted by Gasteiger charge is 2.18. The Bertz CT molecular complexity index is 1390. The summed E-state index contributed by atoms with van der Waals surface area (Å²) in [6, 6.07) is -0.626. The molecule has 0 saturated heterocycles. The maximum atomic E-state index is 12.5. The molecule has 2 atom stereocenters. The average Bonchev–Trinajstić information content (AvgIpc) is 3.49. The molecule has 0 aromatic carbocycles. The highest BCUT2D eigenvalue weighted by molar-refractivity contribution is 5.76. The molecule has 83 heavy (non-hydrogen) atoms. The number of nitrogens with one attached hydrogen (secondary N) is 1. The molecule has 1 amide bonds.